The first-order valence-corrected chi connectivity index (χ1v) is 9.23. The Labute approximate surface area is 157 Å². The summed E-state index contributed by atoms with van der Waals surface area (Å²) in [6.07, 6.45) is 3.76. The summed E-state index contributed by atoms with van der Waals surface area (Å²) in [6.45, 7) is 4.42. The molecule has 2 aromatic rings. The lowest BCUT2D eigenvalue weighted by molar-refractivity contribution is 0.0553. The van der Waals surface area contributed by atoms with Crippen LogP contribution in [-0.4, -0.2) is 12.1 Å². The van der Waals surface area contributed by atoms with Gasteiger partial charge in [0.05, 0.1) is 0 Å². The van der Waals surface area contributed by atoms with Gasteiger partial charge in [-0.05, 0) is 61.1 Å². The van der Waals surface area contributed by atoms with E-state index in [2.05, 4.69) is 24.5 Å². The number of hydrogen-bond acceptors (Lipinski definition) is 2. The SMILES string of the molecule is CC1CCCC(C)C1Oc1ccc(NC(=O)Nc2c(F)cccc2F)cc1. The van der Waals surface area contributed by atoms with E-state index in [-0.39, 0.29) is 6.10 Å². The van der Waals surface area contributed by atoms with Crippen LogP contribution in [-0.2, 0) is 0 Å². The van der Waals surface area contributed by atoms with E-state index >= 15 is 0 Å². The summed E-state index contributed by atoms with van der Waals surface area (Å²) in [6, 6.07) is 9.65. The molecule has 0 spiro atoms. The number of anilines is 2. The third-order valence-corrected chi connectivity index (χ3v) is 5.03. The monoisotopic (exact) mass is 374 g/mol. The number of rotatable bonds is 4. The lowest BCUT2D eigenvalue weighted by atomic mass is 9.80. The molecule has 0 heterocycles. The zero-order valence-corrected chi connectivity index (χ0v) is 15.5. The van der Waals surface area contributed by atoms with Crippen molar-refractivity contribution in [3.63, 3.8) is 0 Å². The summed E-state index contributed by atoms with van der Waals surface area (Å²) < 4.78 is 33.3. The first kappa shape index (κ1) is 19.1. The molecule has 0 radical (unpaired) electrons. The van der Waals surface area contributed by atoms with Crippen molar-refractivity contribution in [2.75, 3.05) is 10.6 Å². The highest BCUT2D eigenvalue weighted by molar-refractivity contribution is 5.99. The highest BCUT2D eigenvalue weighted by atomic mass is 19.1. The van der Waals surface area contributed by atoms with E-state index in [1.165, 1.54) is 25.3 Å². The minimum Gasteiger partial charge on any atom is -0.490 e. The molecule has 0 aliphatic heterocycles. The Balaban J connectivity index is 1.59. The first-order chi connectivity index (χ1) is 12.9. The van der Waals surface area contributed by atoms with E-state index in [0.717, 1.165) is 17.9 Å². The average molecular weight is 374 g/mol. The van der Waals surface area contributed by atoms with E-state index in [1.54, 1.807) is 24.3 Å². The van der Waals surface area contributed by atoms with Gasteiger partial charge in [-0.2, -0.15) is 0 Å². The molecule has 1 fully saturated rings. The van der Waals surface area contributed by atoms with E-state index in [0.29, 0.717) is 17.5 Å². The maximum absolute atomic E-state index is 13.6. The van der Waals surface area contributed by atoms with Crippen molar-refractivity contribution in [1.29, 1.82) is 0 Å². The fraction of sp³-hybridized carbons (Fsp3) is 0.381. The van der Waals surface area contributed by atoms with Gasteiger partial charge in [-0.1, -0.05) is 26.3 Å². The number of ether oxygens (including phenoxy) is 1. The van der Waals surface area contributed by atoms with E-state index < -0.39 is 23.4 Å². The summed E-state index contributed by atoms with van der Waals surface area (Å²) in [5, 5.41) is 4.74. The van der Waals surface area contributed by atoms with Gasteiger partial charge in [0.15, 0.2) is 0 Å². The molecule has 2 amide bonds. The number of para-hydroxylation sites is 1. The second-order valence-electron chi connectivity index (χ2n) is 7.17. The number of nitrogens with one attached hydrogen (secondary N) is 2. The first-order valence-electron chi connectivity index (χ1n) is 9.23. The van der Waals surface area contributed by atoms with Gasteiger partial charge in [0.2, 0.25) is 0 Å². The normalized spacial score (nSPS) is 22.1. The number of amides is 2. The van der Waals surface area contributed by atoms with Gasteiger partial charge in [-0.3, -0.25) is 0 Å². The van der Waals surface area contributed by atoms with Crippen molar-refractivity contribution in [3.8, 4) is 5.75 Å². The second kappa shape index (κ2) is 8.37. The predicted octanol–water partition coefficient (Wildman–Crippen LogP) is 5.81. The maximum atomic E-state index is 13.6. The van der Waals surface area contributed by atoms with Crippen LogP contribution in [0.3, 0.4) is 0 Å². The third kappa shape index (κ3) is 4.76. The lowest BCUT2D eigenvalue weighted by Gasteiger charge is -2.34. The standard InChI is InChI=1S/C21H24F2N2O2/c1-13-5-3-6-14(2)20(13)27-16-11-9-15(10-12-16)24-21(26)25-19-17(22)7-4-8-18(19)23/h4,7-14,20H,3,5-6H2,1-2H3,(H2,24,25,26). The van der Waals surface area contributed by atoms with E-state index in [9.17, 15) is 13.6 Å². The van der Waals surface area contributed by atoms with Crippen LogP contribution >= 0.6 is 0 Å². The van der Waals surface area contributed by atoms with Crippen LogP contribution in [0.2, 0.25) is 0 Å². The lowest BCUT2D eigenvalue weighted by Crippen LogP contribution is -2.35. The van der Waals surface area contributed by atoms with Gasteiger partial charge < -0.3 is 15.4 Å². The van der Waals surface area contributed by atoms with E-state index in [1.807, 2.05) is 0 Å². The summed E-state index contributed by atoms with van der Waals surface area (Å²) in [5.74, 6) is 0.0990. The van der Waals surface area contributed by atoms with Crippen LogP contribution in [0.5, 0.6) is 5.75 Å². The minimum absolute atomic E-state index is 0.185. The predicted molar refractivity (Wildman–Crippen MR) is 102 cm³/mol. The van der Waals surface area contributed by atoms with Gasteiger partial charge in [0.1, 0.15) is 29.2 Å². The number of carbonyl (C=O) groups excluding carboxylic acids is 1. The van der Waals surface area contributed by atoms with Crippen LogP contribution in [0, 0.1) is 23.5 Å². The Bertz CT molecular complexity index is 765. The fourth-order valence-electron chi connectivity index (χ4n) is 3.55. The van der Waals surface area contributed by atoms with Crippen molar-refractivity contribution >= 4 is 17.4 Å². The number of halogens is 2. The molecule has 0 aromatic heterocycles. The molecule has 3 rings (SSSR count). The third-order valence-electron chi connectivity index (χ3n) is 5.03. The summed E-state index contributed by atoms with van der Waals surface area (Å²) in [5.41, 5.74) is 0.0246. The van der Waals surface area contributed by atoms with Crippen molar-refractivity contribution in [2.24, 2.45) is 11.8 Å². The molecule has 2 N–H and O–H groups in total. The Morgan fingerprint density at radius 3 is 2.15 bits per heavy atom. The zero-order valence-electron chi connectivity index (χ0n) is 15.5. The van der Waals surface area contributed by atoms with Crippen LogP contribution in [0.4, 0.5) is 25.0 Å². The summed E-state index contributed by atoms with van der Waals surface area (Å²) in [7, 11) is 0. The number of urea groups is 1. The second-order valence-corrected chi connectivity index (χ2v) is 7.17. The molecule has 2 unspecified atom stereocenters. The largest absolute Gasteiger partial charge is 0.490 e. The Morgan fingerprint density at radius 1 is 0.963 bits per heavy atom. The van der Waals surface area contributed by atoms with Crippen molar-refractivity contribution in [1.82, 2.24) is 0 Å². The van der Waals surface area contributed by atoms with Gasteiger partial charge in [0, 0.05) is 5.69 Å². The molecular formula is C21H24F2N2O2. The van der Waals surface area contributed by atoms with Crippen LogP contribution < -0.4 is 15.4 Å². The molecule has 0 saturated heterocycles. The van der Waals surface area contributed by atoms with Gasteiger partial charge in [-0.15, -0.1) is 0 Å². The molecule has 2 atom stereocenters. The fourth-order valence-corrected chi connectivity index (χ4v) is 3.55. The number of hydrogen-bond donors (Lipinski definition) is 2. The summed E-state index contributed by atoms with van der Waals surface area (Å²) in [4.78, 5) is 12.0. The van der Waals surface area contributed by atoms with Gasteiger partial charge in [0.25, 0.3) is 0 Å². The molecule has 1 aliphatic rings. The Hall–Kier alpha value is -2.63. The van der Waals surface area contributed by atoms with Crippen LogP contribution in [0.15, 0.2) is 42.5 Å². The molecular weight excluding hydrogens is 350 g/mol. The minimum atomic E-state index is -0.829. The highest BCUT2D eigenvalue weighted by Gasteiger charge is 2.29. The number of carbonyl (C=O) groups is 1. The Morgan fingerprint density at radius 2 is 1.56 bits per heavy atom. The van der Waals surface area contributed by atoms with Gasteiger partial charge >= 0.3 is 6.03 Å². The summed E-state index contributed by atoms with van der Waals surface area (Å²) >= 11 is 0. The van der Waals surface area contributed by atoms with Crippen molar-refractivity contribution < 1.29 is 18.3 Å². The van der Waals surface area contributed by atoms with Gasteiger partial charge in [-0.25, -0.2) is 13.6 Å². The van der Waals surface area contributed by atoms with Crippen LogP contribution in [0.1, 0.15) is 33.1 Å². The molecule has 4 nitrogen and oxygen atoms in total. The Kier molecular flexibility index (Phi) is 5.94. The van der Waals surface area contributed by atoms with Crippen LogP contribution in [0.25, 0.3) is 0 Å². The molecule has 144 valence electrons. The molecule has 0 bridgehead atoms. The van der Waals surface area contributed by atoms with Crippen molar-refractivity contribution in [2.45, 2.75) is 39.2 Å². The van der Waals surface area contributed by atoms with E-state index in [4.69, 9.17) is 4.74 Å². The average Bonchev–Trinajstić information content (AvgIpc) is 2.63. The molecule has 1 saturated carbocycles. The molecule has 6 heteroatoms. The molecule has 1 aliphatic carbocycles. The molecule has 27 heavy (non-hydrogen) atoms. The zero-order chi connectivity index (χ0) is 19.4. The number of benzene rings is 2. The molecule has 2 aromatic carbocycles. The quantitative estimate of drug-likeness (QED) is 0.709. The smallest absolute Gasteiger partial charge is 0.323 e. The van der Waals surface area contributed by atoms with Crippen molar-refractivity contribution in [3.05, 3.63) is 54.1 Å². The topological polar surface area (TPSA) is 50.4 Å². The maximum Gasteiger partial charge on any atom is 0.323 e. The highest BCUT2D eigenvalue weighted by Crippen LogP contribution is 2.32.